The third kappa shape index (κ3) is 6.63. The molecule has 1 N–H and O–H groups in total. The summed E-state index contributed by atoms with van der Waals surface area (Å²) in [5.74, 6) is 0.868. The van der Waals surface area contributed by atoms with Crippen LogP contribution in [0.1, 0.15) is 55.5 Å². The van der Waals surface area contributed by atoms with E-state index >= 15 is 0 Å². The Morgan fingerprint density at radius 2 is 1.88 bits per heavy atom. The number of amides is 1. The van der Waals surface area contributed by atoms with Crippen LogP contribution in [0.5, 0.6) is 0 Å². The van der Waals surface area contributed by atoms with E-state index in [0.29, 0.717) is 19.0 Å². The van der Waals surface area contributed by atoms with Gasteiger partial charge in [-0.3, -0.25) is 0 Å². The van der Waals surface area contributed by atoms with Crippen LogP contribution < -0.4 is 5.32 Å². The number of thiazole rings is 1. The molecule has 3 aromatic rings. The smallest absolute Gasteiger partial charge is 0.410 e. The number of carbonyl (C=O) groups is 1. The first-order valence-corrected chi connectivity index (χ1v) is 12.2. The molecular weight excluding hydrogens is 451 g/mol. The number of likely N-dealkylation sites (tertiary alicyclic amines) is 1. The minimum atomic E-state index is -0.480. The third-order valence-electron chi connectivity index (χ3n) is 5.47. The number of benzene rings is 1. The maximum absolute atomic E-state index is 13.0. The molecule has 0 radical (unpaired) electrons. The Bertz CT molecular complexity index is 1150. The Kier molecular flexibility index (Phi) is 7.26. The molecule has 3 heterocycles. The van der Waals surface area contributed by atoms with Gasteiger partial charge in [0, 0.05) is 30.4 Å². The van der Waals surface area contributed by atoms with Crippen LogP contribution in [-0.2, 0) is 4.74 Å². The fraction of sp³-hybridized carbons (Fsp3) is 0.346. The topological polar surface area (TPSA) is 67.3 Å². The lowest BCUT2D eigenvalue weighted by Gasteiger charge is -2.33. The molecular formula is C26H29FN4O2S. The minimum absolute atomic E-state index is 0.240. The largest absolute Gasteiger partial charge is 0.444 e. The van der Waals surface area contributed by atoms with Gasteiger partial charge in [-0.15, -0.1) is 0 Å². The van der Waals surface area contributed by atoms with Crippen LogP contribution in [0.4, 0.5) is 20.1 Å². The summed E-state index contributed by atoms with van der Waals surface area (Å²) < 4.78 is 18.5. The van der Waals surface area contributed by atoms with Gasteiger partial charge in [0.25, 0.3) is 0 Å². The standard InChI is InChI=1S/C26H29FN4O2S/c1-26(2,3)33-25(32)31-14-11-19(12-15-31)20-10-13-28-23(16-20)30-24-29-17-22(34-24)9-6-18-4-7-21(27)8-5-18/h4-10,13,16-17,19H,11-12,14-15H2,1-3H3,(H,28,29,30)/b9-6+. The highest BCUT2D eigenvalue weighted by atomic mass is 32.1. The Morgan fingerprint density at radius 3 is 2.59 bits per heavy atom. The van der Waals surface area contributed by atoms with Crippen molar-refractivity contribution in [1.82, 2.24) is 14.9 Å². The van der Waals surface area contributed by atoms with Crippen LogP contribution in [-0.4, -0.2) is 39.7 Å². The number of hydrogen-bond donors (Lipinski definition) is 1. The van der Waals surface area contributed by atoms with Crippen molar-refractivity contribution in [3.8, 4) is 0 Å². The van der Waals surface area contributed by atoms with E-state index in [2.05, 4.69) is 21.4 Å². The number of nitrogens with one attached hydrogen (secondary N) is 1. The zero-order valence-corrected chi connectivity index (χ0v) is 20.4. The second-order valence-electron chi connectivity index (χ2n) is 9.29. The van der Waals surface area contributed by atoms with Gasteiger partial charge in [-0.1, -0.05) is 29.5 Å². The summed E-state index contributed by atoms with van der Waals surface area (Å²) in [5, 5.41) is 4.04. The van der Waals surface area contributed by atoms with E-state index in [0.717, 1.165) is 34.2 Å². The molecule has 1 aliphatic rings. The SMILES string of the molecule is CC(C)(C)OC(=O)N1CCC(c2ccnc(Nc3ncc(/C=C/c4ccc(F)cc4)s3)c2)CC1. The second-order valence-corrected chi connectivity index (χ2v) is 10.4. The van der Waals surface area contributed by atoms with Gasteiger partial charge in [-0.2, -0.15) is 0 Å². The fourth-order valence-electron chi connectivity index (χ4n) is 3.77. The zero-order chi connectivity index (χ0) is 24.1. The number of hydrogen-bond acceptors (Lipinski definition) is 6. The molecule has 0 saturated carbocycles. The first-order chi connectivity index (χ1) is 16.2. The minimum Gasteiger partial charge on any atom is -0.444 e. The van der Waals surface area contributed by atoms with Crippen LogP contribution in [0, 0.1) is 5.82 Å². The molecule has 0 unspecified atom stereocenters. The molecule has 0 spiro atoms. The molecule has 1 fully saturated rings. The van der Waals surface area contributed by atoms with Crippen LogP contribution in [0.2, 0.25) is 0 Å². The van der Waals surface area contributed by atoms with Crippen LogP contribution in [0.15, 0.2) is 48.8 Å². The molecule has 178 valence electrons. The number of aromatic nitrogens is 2. The van der Waals surface area contributed by atoms with Crippen molar-refractivity contribution in [2.24, 2.45) is 0 Å². The maximum atomic E-state index is 13.0. The van der Waals surface area contributed by atoms with E-state index in [1.807, 2.05) is 39.0 Å². The first kappa shape index (κ1) is 23.9. The molecule has 0 atom stereocenters. The van der Waals surface area contributed by atoms with Gasteiger partial charge in [-0.05, 0) is 81.0 Å². The molecule has 8 heteroatoms. The van der Waals surface area contributed by atoms with Crippen molar-refractivity contribution in [1.29, 1.82) is 0 Å². The number of ether oxygens (including phenoxy) is 1. The van der Waals surface area contributed by atoms with Crippen molar-refractivity contribution in [2.45, 2.75) is 45.1 Å². The summed E-state index contributed by atoms with van der Waals surface area (Å²) in [7, 11) is 0. The molecule has 0 aliphatic carbocycles. The number of halogens is 1. The number of pyridine rings is 1. The van der Waals surface area contributed by atoms with Gasteiger partial charge in [-0.25, -0.2) is 19.2 Å². The van der Waals surface area contributed by atoms with Crippen LogP contribution in [0.25, 0.3) is 12.2 Å². The summed E-state index contributed by atoms with van der Waals surface area (Å²) in [6.45, 7) is 7.02. The van der Waals surface area contributed by atoms with Gasteiger partial charge in [0.2, 0.25) is 0 Å². The molecule has 34 heavy (non-hydrogen) atoms. The van der Waals surface area contributed by atoms with Crippen molar-refractivity contribution >= 4 is 40.5 Å². The summed E-state index contributed by atoms with van der Waals surface area (Å²) in [5.41, 5.74) is 1.65. The van der Waals surface area contributed by atoms with E-state index in [1.54, 1.807) is 29.4 Å². The fourth-order valence-corrected chi connectivity index (χ4v) is 4.50. The van der Waals surface area contributed by atoms with Gasteiger partial charge < -0.3 is 15.0 Å². The van der Waals surface area contributed by atoms with Gasteiger partial charge in [0.1, 0.15) is 17.2 Å². The first-order valence-electron chi connectivity index (χ1n) is 11.4. The molecule has 4 rings (SSSR count). The molecule has 1 aliphatic heterocycles. The number of rotatable bonds is 5. The van der Waals surface area contributed by atoms with E-state index in [1.165, 1.54) is 29.0 Å². The van der Waals surface area contributed by atoms with Crippen LogP contribution >= 0.6 is 11.3 Å². The summed E-state index contributed by atoms with van der Waals surface area (Å²) in [4.78, 5) is 24.0. The Hall–Kier alpha value is -3.26. The molecule has 2 aromatic heterocycles. The van der Waals surface area contributed by atoms with E-state index in [-0.39, 0.29) is 11.9 Å². The normalized spacial score (nSPS) is 15.0. The molecule has 6 nitrogen and oxygen atoms in total. The molecule has 1 amide bonds. The van der Waals surface area contributed by atoms with Crippen molar-refractivity contribution in [2.75, 3.05) is 18.4 Å². The van der Waals surface area contributed by atoms with Crippen molar-refractivity contribution < 1.29 is 13.9 Å². The summed E-state index contributed by atoms with van der Waals surface area (Å²) in [6.07, 6.45) is 9.02. The third-order valence-corrected chi connectivity index (χ3v) is 6.35. The lowest BCUT2D eigenvalue weighted by atomic mass is 9.90. The van der Waals surface area contributed by atoms with Crippen molar-refractivity contribution in [3.63, 3.8) is 0 Å². The zero-order valence-electron chi connectivity index (χ0n) is 19.6. The van der Waals surface area contributed by atoms with Crippen molar-refractivity contribution in [3.05, 3.63) is 70.6 Å². The van der Waals surface area contributed by atoms with E-state index < -0.39 is 5.60 Å². The van der Waals surface area contributed by atoms with Gasteiger partial charge in [0.15, 0.2) is 5.13 Å². The molecule has 1 saturated heterocycles. The number of anilines is 2. The number of carbonyl (C=O) groups excluding carboxylic acids is 1. The average Bonchev–Trinajstić information content (AvgIpc) is 3.25. The number of piperidine rings is 1. The molecule has 0 bridgehead atoms. The highest BCUT2D eigenvalue weighted by Crippen LogP contribution is 2.31. The lowest BCUT2D eigenvalue weighted by molar-refractivity contribution is 0.0205. The highest BCUT2D eigenvalue weighted by molar-refractivity contribution is 7.16. The Morgan fingerprint density at radius 1 is 1.15 bits per heavy atom. The predicted molar refractivity (Wildman–Crippen MR) is 135 cm³/mol. The predicted octanol–water partition coefficient (Wildman–Crippen LogP) is 6.71. The van der Waals surface area contributed by atoms with Gasteiger partial charge in [0.05, 0.1) is 0 Å². The summed E-state index contributed by atoms with van der Waals surface area (Å²) in [6, 6.07) is 10.5. The maximum Gasteiger partial charge on any atom is 0.410 e. The molecule has 1 aromatic carbocycles. The quantitative estimate of drug-likeness (QED) is 0.440. The van der Waals surface area contributed by atoms with Gasteiger partial charge >= 0.3 is 6.09 Å². The Balaban J connectivity index is 1.34. The van der Waals surface area contributed by atoms with E-state index in [4.69, 9.17) is 4.74 Å². The Labute approximate surface area is 203 Å². The summed E-state index contributed by atoms with van der Waals surface area (Å²) >= 11 is 1.52. The average molecular weight is 481 g/mol. The second kappa shape index (κ2) is 10.3. The highest BCUT2D eigenvalue weighted by Gasteiger charge is 2.27. The number of nitrogens with zero attached hydrogens (tertiary/aromatic N) is 3. The van der Waals surface area contributed by atoms with E-state index in [9.17, 15) is 9.18 Å². The van der Waals surface area contributed by atoms with Crippen LogP contribution in [0.3, 0.4) is 0 Å². The lowest BCUT2D eigenvalue weighted by Crippen LogP contribution is -2.41. The monoisotopic (exact) mass is 480 g/mol.